The lowest BCUT2D eigenvalue weighted by molar-refractivity contribution is 0.00594. The minimum Gasteiger partial charge on any atom is -0.481 e. The molecule has 12 heteroatoms. The Labute approximate surface area is 363 Å². The molecule has 0 aliphatic heterocycles. The highest BCUT2D eigenvalue weighted by molar-refractivity contribution is 6.10. The van der Waals surface area contributed by atoms with Gasteiger partial charge in [-0.05, 0) is 131 Å². The Hall–Kier alpha value is -7.34. The maximum absolute atomic E-state index is 14.4. The Kier molecular flexibility index (Phi) is 12.2. The summed E-state index contributed by atoms with van der Waals surface area (Å²) in [6.07, 6.45) is 3.16. The maximum atomic E-state index is 14.4. The zero-order valence-electron chi connectivity index (χ0n) is 36.4. The van der Waals surface area contributed by atoms with Crippen LogP contribution in [0.3, 0.4) is 0 Å². The minimum atomic E-state index is -1.15. The summed E-state index contributed by atoms with van der Waals surface area (Å²) in [7, 11) is 1.56. The molecule has 8 aromatic rings. The lowest BCUT2D eigenvalue weighted by atomic mass is 10.0. The van der Waals surface area contributed by atoms with Gasteiger partial charge < -0.3 is 28.7 Å². The van der Waals surface area contributed by atoms with Gasteiger partial charge >= 0.3 is 11.9 Å². The highest BCUT2D eigenvalue weighted by Crippen LogP contribution is 2.41. The molecular formula is C51H48F2N4O6. The Morgan fingerprint density at radius 1 is 0.714 bits per heavy atom. The van der Waals surface area contributed by atoms with Crippen LogP contribution in [0.5, 0.6) is 5.88 Å². The molecule has 0 aliphatic carbocycles. The number of halogens is 2. The number of esters is 1. The third-order valence-electron chi connectivity index (χ3n) is 11.0. The quantitative estimate of drug-likeness (QED) is 0.138. The first-order valence-corrected chi connectivity index (χ1v) is 20.4. The van der Waals surface area contributed by atoms with Crippen molar-refractivity contribution in [1.82, 2.24) is 19.1 Å². The first kappa shape index (κ1) is 43.7. The van der Waals surface area contributed by atoms with Crippen molar-refractivity contribution in [3.63, 3.8) is 0 Å². The molecule has 0 radical (unpaired) electrons. The second kappa shape index (κ2) is 17.6. The molecule has 0 amide bonds. The summed E-state index contributed by atoms with van der Waals surface area (Å²) in [6.45, 7) is 13.3. The normalized spacial score (nSPS) is 11.4. The van der Waals surface area contributed by atoms with E-state index in [0.717, 1.165) is 27.6 Å². The number of hydrogen-bond acceptors (Lipinski definition) is 6. The summed E-state index contributed by atoms with van der Waals surface area (Å²) >= 11 is 0. The SMILES string of the molecule is COc1ncccc1-c1c(C(=O)OC(C)(C)C)n(Cc2cccc(F)c2C)c2ccc(C)cc12.Cc1ccc2c(c1)c(-c1ccc[nH]c1=O)c(C(=O)O)n2Cc1cccc(F)c1C. The van der Waals surface area contributed by atoms with Crippen molar-refractivity contribution < 1.29 is 33.0 Å². The number of carboxylic acid groups (broad SMARTS) is 1. The van der Waals surface area contributed by atoms with E-state index in [1.54, 1.807) is 62.1 Å². The number of ether oxygens (including phenoxy) is 2. The number of nitrogens with one attached hydrogen (secondary N) is 1. The van der Waals surface area contributed by atoms with Gasteiger partial charge in [0.1, 0.15) is 28.6 Å². The van der Waals surface area contributed by atoms with Crippen molar-refractivity contribution in [3.8, 4) is 28.1 Å². The molecule has 4 heterocycles. The van der Waals surface area contributed by atoms with Gasteiger partial charge in [-0.1, -0.05) is 47.5 Å². The number of H-pyrrole nitrogens is 1. The van der Waals surface area contributed by atoms with E-state index in [1.807, 2.05) is 93.8 Å². The molecule has 4 aromatic carbocycles. The number of aromatic carboxylic acids is 1. The van der Waals surface area contributed by atoms with E-state index < -0.39 is 17.5 Å². The van der Waals surface area contributed by atoms with Crippen LogP contribution < -0.4 is 10.3 Å². The number of rotatable bonds is 9. The van der Waals surface area contributed by atoms with E-state index in [2.05, 4.69) is 9.97 Å². The molecule has 0 atom stereocenters. The third-order valence-corrected chi connectivity index (χ3v) is 11.0. The summed E-state index contributed by atoms with van der Waals surface area (Å²) in [4.78, 5) is 45.5. The standard InChI is InChI=1S/C28H29FN2O3.C23H19FN2O3/c1-17-12-13-23-21(15-17)24(20-10-8-14-30-26(20)33-6)25(27(32)34-28(3,4)5)31(23)16-19-9-7-11-22(29)18(19)2;1-13-8-9-19-17(11-13)20(16-6-4-10-25-22(16)27)21(23(28)29)26(19)12-15-5-3-7-18(24)14(15)2/h7-15H,16H2,1-6H3;3-11H,12H2,1-2H3,(H,25,27)(H,28,29). The number of aromatic nitrogens is 4. The van der Waals surface area contributed by atoms with Gasteiger partial charge in [0.25, 0.3) is 5.56 Å². The Morgan fingerprint density at radius 3 is 1.75 bits per heavy atom. The van der Waals surface area contributed by atoms with Crippen molar-refractivity contribution in [2.24, 2.45) is 0 Å². The molecule has 0 saturated heterocycles. The van der Waals surface area contributed by atoms with Crippen LogP contribution in [0.2, 0.25) is 0 Å². The van der Waals surface area contributed by atoms with Gasteiger partial charge in [0.15, 0.2) is 0 Å². The van der Waals surface area contributed by atoms with Crippen LogP contribution in [0, 0.1) is 39.3 Å². The number of carboxylic acids is 1. The van der Waals surface area contributed by atoms with Crippen LogP contribution in [0.4, 0.5) is 8.78 Å². The number of hydrogen-bond donors (Lipinski definition) is 2. The first-order chi connectivity index (χ1) is 30.0. The van der Waals surface area contributed by atoms with Crippen LogP contribution in [-0.4, -0.2) is 48.9 Å². The largest absolute Gasteiger partial charge is 0.481 e. The number of methoxy groups -OCH3 is 1. The molecule has 4 aromatic heterocycles. The minimum absolute atomic E-state index is 0.00552. The number of fused-ring (bicyclic) bond motifs is 2. The van der Waals surface area contributed by atoms with Gasteiger partial charge in [0, 0.05) is 69.5 Å². The molecule has 63 heavy (non-hydrogen) atoms. The summed E-state index contributed by atoms with van der Waals surface area (Å²) in [5.41, 5.74) is 7.35. The van der Waals surface area contributed by atoms with E-state index in [4.69, 9.17) is 9.47 Å². The number of carbonyl (C=O) groups excluding carboxylic acids is 1. The van der Waals surface area contributed by atoms with Crippen molar-refractivity contribution in [3.05, 3.63) is 176 Å². The number of carbonyl (C=O) groups is 2. The molecule has 0 fully saturated rings. The predicted octanol–water partition coefficient (Wildman–Crippen LogP) is 11.0. The third kappa shape index (κ3) is 8.74. The second-order valence-corrected chi connectivity index (χ2v) is 16.5. The number of benzene rings is 4. The molecule has 322 valence electrons. The van der Waals surface area contributed by atoms with E-state index in [9.17, 15) is 28.3 Å². The fraction of sp³-hybridized carbons (Fsp3) is 0.216. The highest BCUT2D eigenvalue weighted by Gasteiger charge is 2.31. The van der Waals surface area contributed by atoms with E-state index in [0.29, 0.717) is 62.4 Å². The average molecular weight is 851 g/mol. The van der Waals surface area contributed by atoms with Crippen LogP contribution >= 0.6 is 0 Å². The van der Waals surface area contributed by atoms with Crippen molar-refractivity contribution in [2.75, 3.05) is 7.11 Å². The van der Waals surface area contributed by atoms with Crippen LogP contribution in [0.15, 0.2) is 114 Å². The monoisotopic (exact) mass is 850 g/mol. The predicted molar refractivity (Wildman–Crippen MR) is 242 cm³/mol. The molecule has 2 N–H and O–H groups in total. The van der Waals surface area contributed by atoms with Gasteiger partial charge in [-0.25, -0.2) is 23.4 Å². The zero-order chi connectivity index (χ0) is 45.3. The van der Waals surface area contributed by atoms with Gasteiger partial charge in [-0.3, -0.25) is 4.79 Å². The number of aryl methyl sites for hydroxylation is 2. The van der Waals surface area contributed by atoms with E-state index in [-0.39, 0.29) is 35.0 Å². The molecule has 0 bridgehead atoms. The van der Waals surface area contributed by atoms with Crippen LogP contribution in [-0.2, 0) is 17.8 Å². The summed E-state index contributed by atoms with van der Waals surface area (Å²) in [5, 5.41) is 11.6. The van der Waals surface area contributed by atoms with Crippen LogP contribution in [0.1, 0.15) is 75.1 Å². The fourth-order valence-corrected chi connectivity index (χ4v) is 7.92. The van der Waals surface area contributed by atoms with Gasteiger partial charge in [0.2, 0.25) is 5.88 Å². The van der Waals surface area contributed by atoms with E-state index in [1.165, 1.54) is 18.3 Å². The molecular weight excluding hydrogens is 803 g/mol. The van der Waals surface area contributed by atoms with Gasteiger partial charge in [0.05, 0.1) is 7.11 Å². The molecule has 8 rings (SSSR count). The summed E-state index contributed by atoms with van der Waals surface area (Å²) < 4.78 is 43.4. The number of aromatic amines is 1. The summed E-state index contributed by atoms with van der Waals surface area (Å²) in [5.74, 6) is -1.82. The Balaban J connectivity index is 0.000000191. The van der Waals surface area contributed by atoms with Crippen molar-refractivity contribution in [2.45, 2.75) is 67.2 Å². The molecule has 0 unspecified atom stereocenters. The topological polar surface area (TPSA) is 128 Å². The smallest absolute Gasteiger partial charge is 0.356 e. The number of nitrogens with zero attached hydrogens (tertiary/aromatic N) is 3. The maximum Gasteiger partial charge on any atom is 0.356 e. The Morgan fingerprint density at radius 2 is 1.24 bits per heavy atom. The average Bonchev–Trinajstić information content (AvgIpc) is 3.72. The lowest BCUT2D eigenvalue weighted by Gasteiger charge is -2.21. The Bertz CT molecular complexity index is 3120. The van der Waals surface area contributed by atoms with E-state index >= 15 is 0 Å². The number of pyridine rings is 2. The second-order valence-electron chi connectivity index (χ2n) is 16.5. The molecule has 10 nitrogen and oxygen atoms in total. The van der Waals surface area contributed by atoms with Crippen molar-refractivity contribution in [1.29, 1.82) is 0 Å². The first-order valence-electron chi connectivity index (χ1n) is 20.4. The lowest BCUT2D eigenvalue weighted by Crippen LogP contribution is -2.26. The summed E-state index contributed by atoms with van der Waals surface area (Å²) in [6, 6.07) is 28.4. The molecule has 0 saturated carbocycles. The van der Waals surface area contributed by atoms with Gasteiger partial charge in [-0.2, -0.15) is 0 Å². The molecule has 0 aliphatic rings. The fourth-order valence-electron chi connectivity index (χ4n) is 7.92. The van der Waals surface area contributed by atoms with Gasteiger partial charge in [-0.15, -0.1) is 0 Å². The van der Waals surface area contributed by atoms with Crippen molar-refractivity contribution >= 4 is 33.7 Å². The molecule has 0 spiro atoms. The highest BCUT2D eigenvalue weighted by atomic mass is 19.1. The zero-order valence-corrected chi connectivity index (χ0v) is 36.4. The van der Waals surface area contributed by atoms with Crippen LogP contribution in [0.25, 0.3) is 44.1 Å².